The molecule has 0 radical (unpaired) electrons. The van der Waals surface area contributed by atoms with Gasteiger partial charge in [0.1, 0.15) is 0 Å². The minimum Gasteiger partial charge on any atom is -0.330 e. The molecular formula is C12H14BrN3S. The van der Waals surface area contributed by atoms with E-state index in [-0.39, 0.29) is 0 Å². The van der Waals surface area contributed by atoms with Crippen molar-refractivity contribution in [3.8, 4) is 0 Å². The number of aromatic nitrogens is 2. The van der Waals surface area contributed by atoms with E-state index in [2.05, 4.69) is 62.6 Å². The van der Waals surface area contributed by atoms with Crippen molar-refractivity contribution in [1.29, 1.82) is 0 Å². The standard InChI is InChI=1S/C12H14BrN3S/c1-2-3-4-9-5-7-10(8-6-9)14-12-16-15-11(13)17-12/h5-8H,2-4H2,1H3,(H,14,16). The second kappa shape index (κ2) is 6.12. The number of nitrogens with zero attached hydrogens (tertiary/aromatic N) is 2. The molecule has 1 N–H and O–H groups in total. The van der Waals surface area contributed by atoms with E-state index < -0.39 is 0 Å². The van der Waals surface area contributed by atoms with Gasteiger partial charge in [-0.25, -0.2) is 0 Å². The molecule has 0 amide bonds. The summed E-state index contributed by atoms with van der Waals surface area (Å²) >= 11 is 4.77. The molecule has 0 atom stereocenters. The number of hydrogen-bond donors (Lipinski definition) is 1. The number of halogens is 1. The first kappa shape index (κ1) is 12.5. The summed E-state index contributed by atoms with van der Waals surface area (Å²) in [5.74, 6) is 0. The molecule has 1 heterocycles. The first-order valence-corrected chi connectivity index (χ1v) is 7.24. The van der Waals surface area contributed by atoms with E-state index in [1.54, 1.807) is 0 Å². The third-order valence-corrected chi connectivity index (χ3v) is 3.70. The molecule has 1 aromatic heterocycles. The molecule has 5 heteroatoms. The van der Waals surface area contributed by atoms with Crippen LogP contribution in [-0.2, 0) is 6.42 Å². The quantitative estimate of drug-likeness (QED) is 0.890. The highest BCUT2D eigenvalue weighted by atomic mass is 79.9. The Kier molecular flexibility index (Phi) is 4.50. The maximum atomic E-state index is 3.99. The fraction of sp³-hybridized carbons (Fsp3) is 0.333. The van der Waals surface area contributed by atoms with Crippen LogP contribution < -0.4 is 5.32 Å². The summed E-state index contributed by atoms with van der Waals surface area (Å²) in [7, 11) is 0. The van der Waals surface area contributed by atoms with Gasteiger partial charge in [-0.05, 0) is 46.5 Å². The van der Waals surface area contributed by atoms with Gasteiger partial charge >= 0.3 is 0 Å². The number of rotatable bonds is 5. The molecule has 0 bridgehead atoms. The monoisotopic (exact) mass is 311 g/mol. The van der Waals surface area contributed by atoms with Crippen LogP contribution in [0.25, 0.3) is 0 Å². The number of anilines is 2. The van der Waals surface area contributed by atoms with E-state index in [1.165, 1.54) is 29.7 Å². The van der Waals surface area contributed by atoms with Crippen molar-refractivity contribution in [2.24, 2.45) is 0 Å². The molecule has 0 aliphatic heterocycles. The highest BCUT2D eigenvalue weighted by Gasteiger charge is 2.01. The SMILES string of the molecule is CCCCc1ccc(Nc2nnc(Br)s2)cc1. The molecule has 0 aliphatic carbocycles. The highest BCUT2D eigenvalue weighted by Crippen LogP contribution is 2.24. The largest absolute Gasteiger partial charge is 0.330 e. The number of aryl methyl sites for hydroxylation is 1. The number of nitrogens with one attached hydrogen (secondary N) is 1. The van der Waals surface area contributed by atoms with E-state index in [0.29, 0.717) is 0 Å². The van der Waals surface area contributed by atoms with Gasteiger partial charge < -0.3 is 5.32 Å². The van der Waals surface area contributed by atoms with Gasteiger partial charge in [0.25, 0.3) is 0 Å². The van der Waals surface area contributed by atoms with Crippen molar-refractivity contribution in [2.45, 2.75) is 26.2 Å². The van der Waals surface area contributed by atoms with Crippen molar-refractivity contribution >= 4 is 38.1 Å². The molecule has 0 aliphatic rings. The van der Waals surface area contributed by atoms with E-state index in [9.17, 15) is 0 Å². The first-order chi connectivity index (χ1) is 8.28. The lowest BCUT2D eigenvalue weighted by Gasteiger charge is -2.03. The summed E-state index contributed by atoms with van der Waals surface area (Å²) in [6.07, 6.45) is 3.63. The van der Waals surface area contributed by atoms with Crippen molar-refractivity contribution in [1.82, 2.24) is 10.2 Å². The Bertz CT molecular complexity index is 467. The molecule has 0 unspecified atom stereocenters. The zero-order chi connectivity index (χ0) is 12.1. The second-order valence-corrected chi connectivity index (χ2v) is 6.04. The summed E-state index contributed by atoms with van der Waals surface area (Å²) in [5.41, 5.74) is 2.43. The van der Waals surface area contributed by atoms with E-state index in [4.69, 9.17) is 0 Å². The van der Waals surface area contributed by atoms with Crippen molar-refractivity contribution < 1.29 is 0 Å². The molecule has 90 valence electrons. The van der Waals surface area contributed by atoms with Gasteiger partial charge in [-0.2, -0.15) is 0 Å². The van der Waals surface area contributed by atoms with Crippen molar-refractivity contribution in [3.63, 3.8) is 0 Å². The normalized spacial score (nSPS) is 10.5. The van der Waals surface area contributed by atoms with Gasteiger partial charge in [-0.3, -0.25) is 0 Å². The summed E-state index contributed by atoms with van der Waals surface area (Å²) in [4.78, 5) is 0. The Morgan fingerprint density at radius 2 is 2.00 bits per heavy atom. The zero-order valence-corrected chi connectivity index (χ0v) is 12.0. The van der Waals surface area contributed by atoms with Gasteiger partial charge in [0.2, 0.25) is 5.13 Å². The fourth-order valence-electron chi connectivity index (χ4n) is 1.51. The lowest BCUT2D eigenvalue weighted by molar-refractivity contribution is 0.795. The Labute approximate surface area is 113 Å². The Morgan fingerprint density at radius 3 is 2.59 bits per heavy atom. The molecule has 17 heavy (non-hydrogen) atoms. The van der Waals surface area contributed by atoms with Crippen LogP contribution in [0.15, 0.2) is 28.2 Å². The minimum absolute atomic E-state index is 0.791. The van der Waals surface area contributed by atoms with E-state index >= 15 is 0 Å². The van der Waals surface area contributed by atoms with Crippen LogP contribution in [0.2, 0.25) is 0 Å². The van der Waals surface area contributed by atoms with Gasteiger partial charge in [0.05, 0.1) is 0 Å². The summed E-state index contributed by atoms with van der Waals surface area (Å²) in [6.45, 7) is 2.21. The summed E-state index contributed by atoms with van der Waals surface area (Å²) < 4.78 is 0.791. The van der Waals surface area contributed by atoms with Crippen molar-refractivity contribution in [3.05, 3.63) is 33.7 Å². The Morgan fingerprint density at radius 1 is 1.24 bits per heavy atom. The molecule has 0 spiro atoms. The van der Waals surface area contributed by atoms with Crippen LogP contribution >= 0.6 is 27.3 Å². The number of unbranched alkanes of at least 4 members (excludes halogenated alkanes) is 1. The van der Waals surface area contributed by atoms with Gasteiger partial charge in [-0.1, -0.05) is 36.8 Å². The van der Waals surface area contributed by atoms with Crippen LogP contribution in [0.4, 0.5) is 10.8 Å². The van der Waals surface area contributed by atoms with Crippen LogP contribution in [0.1, 0.15) is 25.3 Å². The van der Waals surface area contributed by atoms with E-state index in [1.807, 2.05) is 0 Å². The molecule has 0 saturated carbocycles. The predicted octanol–water partition coefficient (Wildman–Crippen LogP) is 4.39. The number of benzene rings is 1. The molecular weight excluding hydrogens is 298 g/mol. The van der Waals surface area contributed by atoms with Gasteiger partial charge in [0, 0.05) is 5.69 Å². The summed E-state index contributed by atoms with van der Waals surface area (Å²) in [6, 6.07) is 8.49. The highest BCUT2D eigenvalue weighted by molar-refractivity contribution is 9.11. The smallest absolute Gasteiger partial charge is 0.210 e. The molecule has 2 rings (SSSR count). The fourth-order valence-corrected chi connectivity index (χ4v) is 2.55. The molecule has 3 nitrogen and oxygen atoms in total. The summed E-state index contributed by atoms with van der Waals surface area (Å²) in [5, 5.41) is 11.9. The van der Waals surface area contributed by atoms with Gasteiger partial charge in [0.15, 0.2) is 3.92 Å². The topological polar surface area (TPSA) is 37.8 Å². The Hall–Kier alpha value is -0.940. The molecule has 1 aromatic carbocycles. The van der Waals surface area contributed by atoms with Crippen LogP contribution in [0.5, 0.6) is 0 Å². The number of hydrogen-bond acceptors (Lipinski definition) is 4. The van der Waals surface area contributed by atoms with E-state index in [0.717, 1.165) is 21.2 Å². The minimum atomic E-state index is 0.791. The third kappa shape index (κ3) is 3.78. The lowest BCUT2D eigenvalue weighted by Crippen LogP contribution is -1.90. The maximum absolute atomic E-state index is 3.99. The average Bonchev–Trinajstić information content (AvgIpc) is 2.74. The lowest BCUT2D eigenvalue weighted by atomic mass is 10.1. The predicted molar refractivity (Wildman–Crippen MR) is 75.9 cm³/mol. The van der Waals surface area contributed by atoms with Gasteiger partial charge in [-0.15, -0.1) is 10.2 Å². The molecule has 0 saturated heterocycles. The van der Waals surface area contributed by atoms with Crippen molar-refractivity contribution in [2.75, 3.05) is 5.32 Å². The van der Waals surface area contributed by atoms with Crippen LogP contribution in [-0.4, -0.2) is 10.2 Å². The average molecular weight is 312 g/mol. The van der Waals surface area contributed by atoms with Crippen LogP contribution in [0, 0.1) is 0 Å². The maximum Gasteiger partial charge on any atom is 0.210 e. The molecule has 0 fully saturated rings. The van der Waals surface area contributed by atoms with Crippen LogP contribution in [0.3, 0.4) is 0 Å². The third-order valence-electron chi connectivity index (χ3n) is 2.42. The zero-order valence-electron chi connectivity index (χ0n) is 9.61. The second-order valence-electron chi connectivity index (χ2n) is 3.79. The molecule has 2 aromatic rings. The Balaban J connectivity index is 1.98. The first-order valence-electron chi connectivity index (χ1n) is 5.63.